The molecule has 0 bridgehead atoms. The number of thiophene rings is 1. The van der Waals surface area contributed by atoms with E-state index in [0.717, 1.165) is 31.2 Å². The van der Waals surface area contributed by atoms with Crippen molar-refractivity contribution in [2.24, 2.45) is 0 Å². The van der Waals surface area contributed by atoms with E-state index in [9.17, 15) is 4.79 Å². The first-order valence-corrected chi connectivity index (χ1v) is 11.1. The molecule has 0 aliphatic heterocycles. The Balaban J connectivity index is 1.56. The first-order chi connectivity index (χ1) is 12.5. The van der Waals surface area contributed by atoms with Gasteiger partial charge in [0.15, 0.2) is 0 Å². The average molecular weight is 448 g/mol. The molecule has 7 heteroatoms. The normalized spacial score (nSPS) is 14.0. The van der Waals surface area contributed by atoms with Crippen LogP contribution in [-0.4, -0.2) is 21.6 Å². The Labute approximate surface area is 169 Å². The molecule has 0 radical (unpaired) electrons. The number of hydrogen-bond acceptors (Lipinski definition) is 5. The SMILES string of the molecule is Cc1sc2nc(C3CC3)nc(SCC(=O)Nc3ccccc3Br)c2c1C. The summed E-state index contributed by atoms with van der Waals surface area (Å²) >= 11 is 6.68. The summed E-state index contributed by atoms with van der Waals surface area (Å²) in [6.07, 6.45) is 2.34. The fourth-order valence-electron chi connectivity index (χ4n) is 2.74. The van der Waals surface area contributed by atoms with E-state index < -0.39 is 0 Å². The van der Waals surface area contributed by atoms with Gasteiger partial charge in [-0.05, 0) is 60.3 Å². The molecule has 4 rings (SSSR count). The van der Waals surface area contributed by atoms with Crippen molar-refractivity contribution < 1.29 is 4.79 Å². The van der Waals surface area contributed by atoms with Crippen LogP contribution in [0.15, 0.2) is 33.8 Å². The number of nitrogens with one attached hydrogen (secondary N) is 1. The second-order valence-electron chi connectivity index (χ2n) is 6.44. The van der Waals surface area contributed by atoms with Crippen LogP contribution in [0, 0.1) is 13.8 Å². The summed E-state index contributed by atoms with van der Waals surface area (Å²) in [4.78, 5) is 24.3. The Bertz CT molecular complexity index is 998. The van der Waals surface area contributed by atoms with Crippen LogP contribution in [0.5, 0.6) is 0 Å². The molecular formula is C19H18BrN3OS2. The van der Waals surface area contributed by atoms with E-state index in [0.29, 0.717) is 11.7 Å². The van der Waals surface area contributed by atoms with Crippen molar-refractivity contribution in [3.63, 3.8) is 0 Å². The molecule has 134 valence electrons. The van der Waals surface area contributed by atoms with Gasteiger partial charge in [-0.3, -0.25) is 4.79 Å². The first kappa shape index (κ1) is 17.9. The van der Waals surface area contributed by atoms with Crippen LogP contribution < -0.4 is 5.32 Å². The Morgan fingerprint density at radius 1 is 1.31 bits per heavy atom. The number of halogens is 1. The summed E-state index contributed by atoms with van der Waals surface area (Å²) in [6, 6.07) is 7.62. The lowest BCUT2D eigenvalue weighted by atomic mass is 10.2. The molecule has 2 heterocycles. The summed E-state index contributed by atoms with van der Waals surface area (Å²) in [6.45, 7) is 4.23. The highest BCUT2D eigenvalue weighted by Crippen LogP contribution is 2.42. The summed E-state index contributed by atoms with van der Waals surface area (Å²) in [5.74, 6) is 1.72. The number of carbonyl (C=O) groups excluding carboxylic acids is 1. The van der Waals surface area contributed by atoms with E-state index in [2.05, 4.69) is 35.1 Å². The summed E-state index contributed by atoms with van der Waals surface area (Å²) in [5.41, 5.74) is 2.01. The minimum absolute atomic E-state index is 0.0359. The largest absolute Gasteiger partial charge is 0.324 e. The molecular weight excluding hydrogens is 430 g/mol. The van der Waals surface area contributed by atoms with Gasteiger partial charge in [-0.25, -0.2) is 9.97 Å². The van der Waals surface area contributed by atoms with Gasteiger partial charge in [-0.15, -0.1) is 11.3 Å². The third-order valence-electron chi connectivity index (χ3n) is 4.44. The molecule has 1 fully saturated rings. The van der Waals surface area contributed by atoms with Crippen molar-refractivity contribution >= 4 is 60.8 Å². The number of aromatic nitrogens is 2. The number of aryl methyl sites for hydroxylation is 2. The van der Waals surface area contributed by atoms with Crippen LogP contribution in [0.4, 0.5) is 5.69 Å². The number of para-hydroxylation sites is 1. The first-order valence-electron chi connectivity index (χ1n) is 8.47. The van der Waals surface area contributed by atoms with E-state index in [-0.39, 0.29) is 5.91 Å². The quantitative estimate of drug-likeness (QED) is 0.403. The topological polar surface area (TPSA) is 54.9 Å². The number of anilines is 1. The fraction of sp³-hybridized carbons (Fsp3) is 0.316. The highest BCUT2D eigenvalue weighted by atomic mass is 79.9. The minimum Gasteiger partial charge on any atom is -0.324 e. The Morgan fingerprint density at radius 3 is 2.81 bits per heavy atom. The number of nitrogens with zero attached hydrogens (tertiary/aromatic N) is 2. The maximum atomic E-state index is 12.4. The van der Waals surface area contributed by atoms with Gasteiger partial charge in [-0.1, -0.05) is 23.9 Å². The number of rotatable bonds is 5. The molecule has 4 nitrogen and oxygen atoms in total. The number of amides is 1. The van der Waals surface area contributed by atoms with Gasteiger partial charge < -0.3 is 5.32 Å². The molecule has 1 aliphatic carbocycles. The predicted octanol–water partition coefficient (Wildman–Crippen LogP) is 5.68. The number of thioether (sulfide) groups is 1. The molecule has 0 unspecified atom stereocenters. The van der Waals surface area contributed by atoms with Gasteiger partial charge in [-0.2, -0.15) is 0 Å². The highest BCUT2D eigenvalue weighted by molar-refractivity contribution is 9.10. The summed E-state index contributed by atoms with van der Waals surface area (Å²) < 4.78 is 0.878. The zero-order valence-corrected chi connectivity index (χ0v) is 17.7. The van der Waals surface area contributed by atoms with Gasteiger partial charge in [0.25, 0.3) is 0 Å². The predicted molar refractivity (Wildman–Crippen MR) is 112 cm³/mol. The molecule has 3 aromatic rings. The average Bonchev–Trinajstić information content (AvgIpc) is 3.42. The van der Waals surface area contributed by atoms with Gasteiger partial charge in [0.05, 0.1) is 11.4 Å². The van der Waals surface area contributed by atoms with E-state index in [1.165, 1.54) is 35.0 Å². The maximum absolute atomic E-state index is 12.4. The van der Waals surface area contributed by atoms with Crippen LogP contribution in [0.3, 0.4) is 0 Å². The third-order valence-corrected chi connectivity index (χ3v) is 7.21. The van der Waals surface area contributed by atoms with Gasteiger partial charge in [0.1, 0.15) is 15.7 Å². The van der Waals surface area contributed by atoms with E-state index in [1.807, 2.05) is 24.3 Å². The van der Waals surface area contributed by atoms with Crippen molar-refractivity contribution in [1.29, 1.82) is 0 Å². The van der Waals surface area contributed by atoms with E-state index >= 15 is 0 Å². The standard InChI is InChI=1S/C19H18BrN3OS2/c1-10-11(2)26-19-16(10)18(22-17(23-19)12-7-8-12)25-9-15(24)21-14-6-4-3-5-13(14)20/h3-6,12H,7-9H2,1-2H3,(H,21,24). The molecule has 0 saturated heterocycles. The monoisotopic (exact) mass is 447 g/mol. The van der Waals surface area contributed by atoms with Crippen LogP contribution in [0.2, 0.25) is 0 Å². The Kier molecular flexibility index (Phi) is 5.03. The number of hydrogen-bond donors (Lipinski definition) is 1. The summed E-state index contributed by atoms with van der Waals surface area (Å²) in [7, 11) is 0. The minimum atomic E-state index is -0.0359. The second kappa shape index (κ2) is 7.29. The molecule has 1 aliphatic rings. The number of carbonyl (C=O) groups is 1. The zero-order chi connectivity index (χ0) is 18.3. The lowest BCUT2D eigenvalue weighted by Crippen LogP contribution is -2.14. The van der Waals surface area contributed by atoms with Crippen molar-refractivity contribution in [2.45, 2.75) is 37.6 Å². The lowest BCUT2D eigenvalue weighted by molar-refractivity contribution is -0.113. The smallest absolute Gasteiger partial charge is 0.234 e. The molecule has 1 aromatic carbocycles. The Morgan fingerprint density at radius 2 is 2.08 bits per heavy atom. The number of fused-ring (bicyclic) bond motifs is 1. The molecule has 1 saturated carbocycles. The van der Waals surface area contributed by atoms with Crippen molar-refractivity contribution in [1.82, 2.24) is 9.97 Å². The third kappa shape index (κ3) is 3.66. The van der Waals surface area contributed by atoms with Crippen LogP contribution in [0.25, 0.3) is 10.2 Å². The van der Waals surface area contributed by atoms with Crippen molar-refractivity contribution in [3.8, 4) is 0 Å². The molecule has 1 amide bonds. The second-order valence-corrected chi connectivity index (χ2v) is 9.46. The van der Waals surface area contributed by atoms with E-state index in [1.54, 1.807) is 11.3 Å². The van der Waals surface area contributed by atoms with Crippen molar-refractivity contribution in [2.75, 3.05) is 11.1 Å². The van der Waals surface area contributed by atoms with Crippen LogP contribution >= 0.6 is 39.0 Å². The fourth-order valence-corrected chi connectivity index (χ4v) is 5.12. The van der Waals surface area contributed by atoms with E-state index in [4.69, 9.17) is 9.97 Å². The molecule has 1 N–H and O–H groups in total. The number of benzene rings is 1. The van der Waals surface area contributed by atoms with Gasteiger partial charge >= 0.3 is 0 Å². The molecule has 26 heavy (non-hydrogen) atoms. The van der Waals surface area contributed by atoms with Gasteiger partial charge in [0.2, 0.25) is 5.91 Å². The molecule has 0 atom stereocenters. The van der Waals surface area contributed by atoms with Crippen LogP contribution in [-0.2, 0) is 4.79 Å². The Hall–Kier alpha value is -1.44. The van der Waals surface area contributed by atoms with Crippen molar-refractivity contribution in [3.05, 3.63) is 45.0 Å². The molecule has 2 aromatic heterocycles. The van der Waals surface area contributed by atoms with Crippen LogP contribution in [0.1, 0.15) is 35.0 Å². The zero-order valence-electron chi connectivity index (χ0n) is 14.5. The summed E-state index contributed by atoms with van der Waals surface area (Å²) in [5, 5.41) is 4.99. The lowest BCUT2D eigenvalue weighted by Gasteiger charge is -2.08. The maximum Gasteiger partial charge on any atom is 0.234 e. The van der Waals surface area contributed by atoms with Gasteiger partial charge in [0, 0.05) is 20.7 Å². The highest BCUT2D eigenvalue weighted by Gasteiger charge is 2.28. The molecule has 0 spiro atoms.